The van der Waals surface area contributed by atoms with Gasteiger partial charge in [0.2, 0.25) is 0 Å². The molecular formula is C10H15IO4. The van der Waals surface area contributed by atoms with Crippen LogP contribution in [0.3, 0.4) is 0 Å². The summed E-state index contributed by atoms with van der Waals surface area (Å²) < 4.78 is 17.7. The van der Waals surface area contributed by atoms with E-state index in [-0.39, 0.29) is 18.3 Å². The maximum Gasteiger partial charge on any atom is 0.164 e. The lowest BCUT2D eigenvalue weighted by Crippen LogP contribution is -2.47. The van der Waals surface area contributed by atoms with E-state index in [0.717, 1.165) is 3.58 Å². The van der Waals surface area contributed by atoms with Crippen LogP contribution in [0.25, 0.3) is 0 Å². The van der Waals surface area contributed by atoms with Crippen molar-refractivity contribution >= 4 is 22.6 Å². The second kappa shape index (κ2) is 3.96. The Morgan fingerprint density at radius 1 is 1.47 bits per heavy atom. The monoisotopic (exact) mass is 326 g/mol. The molecule has 0 unspecified atom stereocenters. The second-order valence-electron chi connectivity index (χ2n) is 4.26. The van der Waals surface area contributed by atoms with Gasteiger partial charge in [-0.3, -0.25) is 0 Å². The number of fused-ring (bicyclic) bond motifs is 1. The Balaban J connectivity index is 2.28. The summed E-state index contributed by atoms with van der Waals surface area (Å²) in [6.07, 6.45) is 0.447. The first kappa shape index (κ1) is 11.8. The van der Waals surface area contributed by atoms with E-state index >= 15 is 0 Å². The maximum absolute atomic E-state index is 9.81. The molecule has 0 aromatic rings. The summed E-state index contributed by atoms with van der Waals surface area (Å²) in [5.41, 5.74) is 0. The molecule has 1 saturated heterocycles. The summed E-state index contributed by atoms with van der Waals surface area (Å²) >= 11 is 2.17. The van der Waals surface area contributed by atoms with Crippen LogP contribution in [0.1, 0.15) is 13.8 Å². The predicted octanol–water partition coefficient (Wildman–Crippen LogP) is 1.21. The number of hydrogen-bond donors (Lipinski definition) is 1. The van der Waals surface area contributed by atoms with Crippen LogP contribution in [-0.4, -0.2) is 42.4 Å². The number of methoxy groups -OCH3 is 1. The lowest BCUT2D eigenvalue weighted by molar-refractivity contribution is -0.161. The van der Waals surface area contributed by atoms with Gasteiger partial charge in [0.1, 0.15) is 24.4 Å². The quantitative estimate of drug-likeness (QED) is 0.736. The molecule has 1 aliphatic carbocycles. The molecule has 5 heteroatoms. The van der Waals surface area contributed by atoms with Crippen molar-refractivity contribution in [1.29, 1.82) is 0 Å². The van der Waals surface area contributed by atoms with Crippen molar-refractivity contribution in [2.45, 2.75) is 44.1 Å². The highest BCUT2D eigenvalue weighted by Gasteiger charge is 2.50. The van der Waals surface area contributed by atoms with Crippen molar-refractivity contribution in [3.05, 3.63) is 9.66 Å². The third-order valence-corrected chi connectivity index (χ3v) is 3.64. The highest BCUT2D eigenvalue weighted by Crippen LogP contribution is 2.40. The summed E-state index contributed by atoms with van der Waals surface area (Å²) in [6, 6.07) is 0. The Morgan fingerprint density at radius 3 is 2.73 bits per heavy atom. The van der Waals surface area contributed by atoms with Gasteiger partial charge in [-0.25, -0.2) is 0 Å². The fourth-order valence-electron chi connectivity index (χ4n) is 2.06. The zero-order chi connectivity index (χ0) is 11.2. The van der Waals surface area contributed by atoms with E-state index in [1.807, 2.05) is 13.8 Å². The third-order valence-electron chi connectivity index (χ3n) is 2.66. The number of aliphatic hydroxyl groups excluding tert-OH is 1. The molecule has 0 radical (unpaired) electrons. The number of halogens is 1. The van der Waals surface area contributed by atoms with Crippen LogP contribution in [0.5, 0.6) is 0 Å². The van der Waals surface area contributed by atoms with Gasteiger partial charge in [0.15, 0.2) is 5.79 Å². The summed E-state index contributed by atoms with van der Waals surface area (Å²) in [6.45, 7) is 3.74. The molecule has 1 fully saturated rings. The molecule has 1 aliphatic heterocycles. The van der Waals surface area contributed by atoms with Crippen molar-refractivity contribution in [1.82, 2.24) is 0 Å². The lowest BCUT2D eigenvalue weighted by atomic mass is 9.96. The molecule has 15 heavy (non-hydrogen) atoms. The maximum atomic E-state index is 9.81. The zero-order valence-corrected chi connectivity index (χ0v) is 11.1. The second-order valence-corrected chi connectivity index (χ2v) is 5.51. The number of ether oxygens (including phenoxy) is 3. The van der Waals surface area contributed by atoms with Crippen molar-refractivity contribution in [2.24, 2.45) is 0 Å². The van der Waals surface area contributed by atoms with Gasteiger partial charge in [-0.05, 0) is 42.5 Å². The molecular weight excluding hydrogens is 311 g/mol. The molecule has 0 aromatic heterocycles. The number of aliphatic hydroxyl groups is 1. The Kier molecular flexibility index (Phi) is 3.11. The van der Waals surface area contributed by atoms with Gasteiger partial charge in [-0.15, -0.1) is 0 Å². The number of rotatable bonds is 1. The predicted molar refractivity (Wildman–Crippen MR) is 62.7 cm³/mol. The zero-order valence-electron chi connectivity index (χ0n) is 8.94. The van der Waals surface area contributed by atoms with Crippen LogP contribution in [0.15, 0.2) is 9.66 Å². The van der Waals surface area contributed by atoms with Gasteiger partial charge in [0, 0.05) is 10.7 Å². The van der Waals surface area contributed by atoms with Gasteiger partial charge >= 0.3 is 0 Å². The van der Waals surface area contributed by atoms with Crippen LogP contribution in [-0.2, 0) is 14.2 Å². The minimum atomic E-state index is -0.624. The number of hydrogen-bond acceptors (Lipinski definition) is 4. The topological polar surface area (TPSA) is 47.9 Å². The average Bonchev–Trinajstić information content (AvgIpc) is 2.42. The Bertz CT molecular complexity index is 289. The molecule has 0 aromatic carbocycles. The first-order valence-corrected chi connectivity index (χ1v) is 5.96. The van der Waals surface area contributed by atoms with E-state index in [4.69, 9.17) is 14.2 Å². The van der Waals surface area contributed by atoms with Crippen molar-refractivity contribution in [3.63, 3.8) is 0 Å². The summed E-state index contributed by atoms with van der Waals surface area (Å²) in [4.78, 5) is 0. The van der Waals surface area contributed by atoms with E-state index in [1.165, 1.54) is 0 Å². The van der Waals surface area contributed by atoms with Crippen molar-refractivity contribution in [3.8, 4) is 0 Å². The fourth-order valence-corrected chi connectivity index (χ4v) is 2.91. The molecule has 2 rings (SSSR count). The highest BCUT2D eigenvalue weighted by atomic mass is 127. The minimum Gasteiger partial charge on any atom is -0.386 e. The van der Waals surface area contributed by atoms with Gasteiger partial charge < -0.3 is 19.3 Å². The first-order chi connectivity index (χ1) is 6.94. The molecule has 1 heterocycles. The lowest BCUT2D eigenvalue weighted by Gasteiger charge is -2.32. The van der Waals surface area contributed by atoms with E-state index in [0.29, 0.717) is 0 Å². The molecule has 86 valence electrons. The Labute approximate surface area is 103 Å². The molecule has 0 amide bonds. The van der Waals surface area contributed by atoms with E-state index in [2.05, 4.69) is 22.6 Å². The molecule has 4 atom stereocenters. The Morgan fingerprint density at radius 2 is 2.13 bits per heavy atom. The van der Waals surface area contributed by atoms with Crippen LogP contribution in [0.4, 0.5) is 0 Å². The van der Waals surface area contributed by atoms with Crippen LogP contribution >= 0.6 is 22.6 Å². The van der Waals surface area contributed by atoms with E-state index in [1.54, 1.807) is 13.2 Å². The van der Waals surface area contributed by atoms with Gasteiger partial charge in [0.25, 0.3) is 0 Å². The van der Waals surface area contributed by atoms with Crippen molar-refractivity contribution < 1.29 is 19.3 Å². The highest BCUT2D eigenvalue weighted by molar-refractivity contribution is 14.1. The van der Waals surface area contributed by atoms with E-state index in [9.17, 15) is 5.11 Å². The molecule has 2 aliphatic rings. The van der Waals surface area contributed by atoms with Gasteiger partial charge in [-0.1, -0.05) is 0 Å². The van der Waals surface area contributed by atoms with Crippen LogP contribution in [0, 0.1) is 0 Å². The van der Waals surface area contributed by atoms with Gasteiger partial charge in [0.05, 0.1) is 0 Å². The molecule has 0 bridgehead atoms. The Hall–Kier alpha value is 0.310. The fraction of sp³-hybridized carbons (Fsp3) is 0.800. The van der Waals surface area contributed by atoms with Crippen molar-refractivity contribution in [2.75, 3.05) is 7.11 Å². The summed E-state index contributed by atoms with van der Waals surface area (Å²) in [5.74, 6) is -0.611. The molecule has 0 saturated carbocycles. The summed E-state index contributed by atoms with van der Waals surface area (Å²) in [5, 5.41) is 9.81. The van der Waals surface area contributed by atoms with Crippen LogP contribution in [0.2, 0.25) is 0 Å². The van der Waals surface area contributed by atoms with Gasteiger partial charge in [-0.2, -0.15) is 0 Å². The first-order valence-electron chi connectivity index (χ1n) is 4.88. The van der Waals surface area contributed by atoms with E-state index < -0.39 is 11.9 Å². The smallest absolute Gasteiger partial charge is 0.164 e. The summed E-state index contributed by atoms with van der Waals surface area (Å²) in [7, 11) is 1.58. The molecule has 4 nitrogen and oxygen atoms in total. The normalized spacial score (nSPS) is 43.7. The average molecular weight is 326 g/mol. The SMILES string of the molecule is CO[C@H]1[C@@H]2OC(C)(C)O[C@@H]2C(I)=C[C@H]1O. The van der Waals surface area contributed by atoms with Crippen LogP contribution < -0.4 is 0 Å². The molecule has 0 spiro atoms. The largest absolute Gasteiger partial charge is 0.386 e. The molecule has 1 N–H and O–H groups in total. The standard InChI is InChI=1S/C10H15IO4/c1-10(2)14-7-5(11)4-6(12)8(13-3)9(7)15-10/h4,6-9,12H,1-3H3/t6-,7-,8-,9-/m1/s1. The third kappa shape index (κ3) is 2.08. The minimum absolute atomic E-state index is 0.117.